The molecule has 2 rings (SSSR count). The summed E-state index contributed by atoms with van der Waals surface area (Å²) in [6.45, 7) is 0. The fraction of sp³-hybridized carbons (Fsp3) is 0.625. The zero-order valence-electron chi connectivity index (χ0n) is 6.40. The van der Waals surface area contributed by atoms with Crippen molar-refractivity contribution in [3.05, 3.63) is 12.4 Å². The van der Waals surface area contributed by atoms with E-state index >= 15 is 0 Å². The molecule has 0 spiro atoms. The Bertz CT molecular complexity index is 238. The van der Waals surface area contributed by atoms with Crippen molar-refractivity contribution < 1.29 is 5.11 Å². The Morgan fingerprint density at radius 3 is 2.73 bits per heavy atom. The Morgan fingerprint density at radius 1 is 1.45 bits per heavy atom. The molecule has 0 amide bonds. The van der Waals surface area contributed by atoms with Gasteiger partial charge in [0, 0.05) is 0 Å². The molecule has 3 heteroatoms. The van der Waals surface area contributed by atoms with Crippen LogP contribution in [0.4, 0.5) is 0 Å². The molecule has 0 radical (unpaired) electrons. The molecule has 0 unspecified atom stereocenters. The van der Waals surface area contributed by atoms with E-state index in [1.165, 1.54) is 31.9 Å². The number of hydrogen-bond acceptors (Lipinski definition) is 2. The van der Waals surface area contributed by atoms with Crippen molar-refractivity contribution >= 4 is 0 Å². The van der Waals surface area contributed by atoms with E-state index in [2.05, 4.69) is 5.10 Å². The van der Waals surface area contributed by atoms with Crippen molar-refractivity contribution in [3.8, 4) is 5.75 Å². The Balaban J connectivity index is 2.15. The lowest BCUT2D eigenvalue weighted by molar-refractivity contribution is 0.452. The Labute approximate surface area is 65.7 Å². The van der Waals surface area contributed by atoms with Gasteiger partial charge in [0.05, 0.1) is 18.4 Å². The standard InChI is InChI=1S/C8H12N2O/c11-8-5-9-10(6-8)7-3-1-2-4-7/h5-7,11H,1-4H2. The summed E-state index contributed by atoms with van der Waals surface area (Å²) in [4.78, 5) is 0. The summed E-state index contributed by atoms with van der Waals surface area (Å²) in [6.07, 6.45) is 8.22. The maximum atomic E-state index is 9.03. The van der Waals surface area contributed by atoms with Crippen molar-refractivity contribution in [2.24, 2.45) is 0 Å². The molecule has 0 atom stereocenters. The third kappa shape index (κ3) is 1.23. The summed E-state index contributed by atoms with van der Waals surface area (Å²) >= 11 is 0. The minimum absolute atomic E-state index is 0.275. The first-order valence-corrected chi connectivity index (χ1v) is 4.09. The zero-order valence-corrected chi connectivity index (χ0v) is 6.40. The molecule has 1 aliphatic rings. The molecule has 1 fully saturated rings. The Hall–Kier alpha value is -0.990. The molecular weight excluding hydrogens is 140 g/mol. The molecule has 1 aromatic rings. The second-order valence-corrected chi connectivity index (χ2v) is 3.12. The third-order valence-electron chi connectivity index (χ3n) is 2.29. The first-order valence-electron chi connectivity index (χ1n) is 4.09. The van der Waals surface area contributed by atoms with Gasteiger partial charge in [0.15, 0.2) is 5.75 Å². The van der Waals surface area contributed by atoms with Crippen LogP contribution in [0.3, 0.4) is 0 Å². The first kappa shape index (κ1) is 6.70. The van der Waals surface area contributed by atoms with Gasteiger partial charge in [-0.05, 0) is 12.8 Å². The van der Waals surface area contributed by atoms with Crippen LogP contribution in [-0.2, 0) is 0 Å². The summed E-state index contributed by atoms with van der Waals surface area (Å²) < 4.78 is 1.88. The van der Waals surface area contributed by atoms with E-state index in [1.54, 1.807) is 6.20 Å². The SMILES string of the molecule is Oc1cnn(C2CCCC2)c1. The minimum Gasteiger partial charge on any atom is -0.505 e. The number of nitrogens with zero attached hydrogens (tertiary/aromatic N) is 2. The zero-order chi connectivity index (χ0) is 7.68. The van der Waals surface area contributed by atoms with Crippen molar-refractivity contribution in [2.45, 2.75) is 31.7 Å². The summed E-state index contributed by atoms with van der Waals surface area (Å²) in [7, 11) is 0. The fourth-order valence-electron chi connectivity index (χ4n) is 1.70. The van der Waals surface area contributed by atoms with Gasteiger partial charge in [0.2, 0.25) is 0 Å². The summed E-state index contributed by atoms with van der Waals surface area (Å²) in [5.41, 5.74) is 0. The topological polar surface area (TPSA) is 38.1 Å². The third-order valence-corrected chi connectivity index (χ3v) is 2.29. The molecule has 1 saturated carbocycles. The van der Waals surface area contributed by atoms with Crippen molar-refractivity contribution in [1.82, 2.24) is 9.78 Å². The van der Waals surface area contributed by atoms with Gasteiger partial charge in [-0.1, -0.05) is 12.8 Å². The predicted molar refractivity (Wildman–Crippen MR) is 41.4 cm³/mol. The molecule has 60 valence electrons. The summed E-state index contributed by atoms with van der Waals surface area (Å²) in [5, 5.41) is 13.1. The molecule has 0 bridgehead atoms. The number of aromatic hydroxyl groups is 1. The van der Waals surface area contributed by atoms with Crippen molar-refractivity contribution in [2.75, 3.05) is 0 Å². The van der Waals surface area contributed by atoms with Crippen LogP contribution >= 0.6 is 0 Å². The smallest absolute Gasteiger partial charge is 0.153 e. The van der Waals surface area contributed by atoms with Crippen LogP contribution in [0.2, 0.25) is 0 Å². The van der Waals surface area contributed by atoms with Gasteiger partial charge in [0.25, 0.3) is 0 Å². The average Bonchev–Trinajstić information content (AvgIpc) is 2.55. The molecule has 0 saturated heterocycles. The highest BCUT2D eigenvalue weighted by atomic mass is 16.3. The summed E-state index contributed by atoms with van der Waals surface area (Å²) in [6, 6.07) is 0.538. The lowest BCUT2D eigenvalue weighted by atomic mass is 10.3. The molecule has 1 heterocycles. The van der Waals surface area contributed by atoms with E-state index in [9.17, 15) is 0 Å². The van der Waals surface area contributed by atoms with E-state index in [0.717, 1.165) is 0 Å². The lowest BCUT2D eigenvalue weighted by Gasteiger charge is -2.07. The molecule has 1 aliphatic carbocycles. The molecule has 11 heavy (non-hydrogen) atoms. The van der Waals surface area contributed by atoms with Gasteiger partial charge in [-0.15, -0.1) is 0 Å². The van der Waals surface area contributed by atoms with E-state index in [4.69, 9.17) is 5.11 Å². The predicted octanol–water partition coefficient (Wildman–Crippen LogP) is 1.70. The lowest BCUT2D eigenvalue weighted by Crippen LogP contribution is -2.04. The Morgan fingerprint density at radius 2 is 2.18 bits per heavy atom. The Kier molecular flexibility index (Phi) is 1.56. The second-order valence-electron chi connectivity index (χ2n) is 3.12. The van der Waals surface area contributed by atoms with Gasteiger partial charge >= 0.3 is 0 Å². The van der Waals surface area contributed by atoms with Crippen LogP contribution in [0.5, 0.6) is 5.75 Å². The number of aromatic nitrogens is 2. The summed E-state index contributed by atoms with van der Waals surface area (Å²) in [5.74, 6) is 0.275. The maximum Gasteiger partial charge on any atom is 0.153 e. The number of hydrogen-bond donors (Lipinski definition) is 1. The van der Waals surface area contributed by atoms with E-state index < -0.39 is 0 Å². The van der Waals surface area contributed by atoms with Gasteiger partial charge < -0.3 is 5.11 Å². The molecule has 0 aromatic carbocycles. The molecule has 1 N–H and O–H groups in total. The number of rotatable bonds is 1. The quantitative estimate of drug-likeness (QED) is 0.665. The van der Waals surface area contributed by atoms with Crippen LogP contribution in [0.1, 0.15) is 31.7 Å². The van der Waals surface area contributed by atoms with Crippen molar-refractivity contribution in [3.63, 3.8) is 0 Å². The van der Waals surface area contributed by atoms with Crippen LogP contribution in [0, 0.1) is 0 Å². The highest BCUT2D eigenvalue weighted by Gasteiger charge is 2.16. The maximum absolute atomic E-state index is 9.03. The van der Waals surface area contributed by atoms with Gasteiger partial charge in [-0.2, -0.15) is 5.10 Å². The van der Waals surface area contributed by atoms with Crippen LogP contribution in [0.25, 0.3) is 0 Å². The van der Waals surface area contributed by atoms with E-state index in [1.807, 2.05) is 4.68 Å². The van der Waals surface area contributed by atoms with Gasteiger partial charge in [0.1, 0.15) is 0 Å². The largest absolute Gasteiger partial charge is 0.505 e. The van der Waals surface area contributed by atoms with Crippen LogP contribution < -0.4 is 0 Å². The second kappa shape index (κ2) is 2.57. The van der Waals surface area contributed by atoms with E-state index in [0.29, 0.717) is 6.04 Å². The molecule has 0 aliphatic heterocycles. The van der Waals surface area contributed by atoms with Gasteiger partial charge in [-0.3, -0.25) is 4.68 Å². The van der Waals surface area contributed by atoms with Crippen molar-refractivity contribution in [1.29, 1.82) is 0 Å². The van der Waals surface area contributed by atoms with Gasteiger partial charge in [-0.25, -0.2) is 0 Å². The van der Waals surface area contributed by atoms with Crippen LogP contribution in [0.15, 0.2) is 12.4 Å². The molecular formula is C8H12N2O. The molecule has 3 nitrogen and oxygen atoms in total. The van der Waals surface area contributed by atoms with E-state index in [-0.39, 0.29) is 5.75 Å². The van der Waals surface area contributed by atoms with Crippen LogP contribution in [-0.4, -0.2) is 14.9 Å². The monoisotopic (exact) mass is 152 g/mol. The fourth-order valence-corrected chi connectivity index (χ4v) is 1.70. The average molecular weight is 152 g/mol. The first-order chi connectivity index (χ1) is 5.36. The minimum atomic E-state index is 0.275. The highest BCUT2D eigenvalue weighted by Crippen LogP contribution is 2.29. The normalized spacial score (nSPS) is 19.3. The highest BCUT2D eigenvalue weighted by molar-refractivity contribution is 5.09. The molecule has 1 aromatic heterocycles.